The molecule has 0 heterocycles. The van der Waals surface area contributed by atoms with E-state index in [4.69, 9.17) is 9.47 Å². The summed E-state index contributed by atoms with van der Waals surface area (Å²) in [4.78, 5) is 4.41. The molecule has 2 rings (SSSR count). The topological polar surface area (TPSA) is 45.2 Å². The molecule has 1 unspecified atom stereocenters. The average molecular weight is 413 g/mol. The van der Waals surface area contributed by atoms with Crippen LogP contribution in [-0.4, -0.2) is 61.4 Å². The Morgan fingerprint density at radius 2 is 1.80 bits per heavy atom. The molecule has 0 saturated carbocycles. The Morgan fingerprint density at radius 3 is 2.43 bits per heavy atom. The highest BCUT2D eigenvalue weighted by Crippen LogP contribution is 2.29. The van der Waals surface area contributed by atoms with Crippen molar-refractivity contribution in [3.05, 3.63) is 71.8 Å². The molecule has 0 aliphatic heterocycles. The molecule has 1 atom stereocenters. The first kappa shape index (κ1) is 23.9. The van der Waals surface area contributed by atoms with E-state index in [2.05, 4.69) is 41.5 Å². The fraction of sp³-hybridized carbons (Fsp3) is 0.440. The van der Waals surface area contributed by atoms with Crippen molar-refractivity contribution in [2.24, 2.45) is 0 Å². The van der Waals surface area contributed by atoms with E-state index >= 15 is 0 Å². The minimum Gasteiger partial charge on any atom is -0.493 e. The number of benzene rings is 2. The minimum atomic E-state index is -0.595. The van der Waals surface area contributed by atoms with Crippen LogP contribution in [0.1, 0.15) is 25.0 Å². The SMILES string of the molecule is C=C(C)CN(CC)Cc1ccc(OC)c(OCC(O)CN(C)Cc2ccccc2)c1. The van der Waals surface area contributed by atoms with Crippen LogP contribution in [0.5, 0.6) is 11.5 Å². The molecule has 2 aromatic rings. The van der Waals surface area contributed by atoms with Gasteiger partial charge in [-0.05, 0) is 43.8 Å². The van der Waals surface area contributed by atoms with Crippen molar-refractivity contribution in [2.45, 2.75) is 33.0 Å². The number of likely N-dealkylation sites (N-methyl/N-ethyl adjacent to an activating group) is 2. The first-order valence-electron chi connectivity index (χ1n) is 10.5. The Hall–Kier alpha value is -2.34. The van der Waals surface area contributed by atoms with Gasteiger partial charge in [-0.25, -0.2) is 0 Å². The summed E-state index contributed by atoms with van der Waals surface area (Å²) < 4.78 is 11.4. The summed E-state index contributed by atoms with van der Waals surface area (Å²) in [6.45, 7) is 12.3. The summed E-state index contributed by atoms with van der Waals surface area (Å²) in [6.07, 6.45) is -0.595. The van der Waals surface area contributed by atoms with Crippen LogP contribution in [-0.2, 0) is 13.1 Å². The molecule has 0 saturated heterocycles. The first-order valence-corrected chi connectivity index (χ1v) is 10.5. The van der Waals surface area contributed by atoms with Gasteiger partial charge in [0.2, 0.25) is 0 Å². The third-order valence-electron chi connectivity index (χ3n) is 4.82. The lowest BCUT2D eigenvalue weighted by molar-refractivity contribution is 0.0732. The number of hydrogen-bond acceptors (Lipinski definition) is 5. The van der Waals surface area contributed by atoms with Gasteiger partial charge in [0.1, 0.15) is 12.7 Å². The van der Waals surface area contributed by atoms with Gasteiger partial charge in [0.05, 0.1) is 7.11 Å². The quantitative estimate of drug-likeness (QED) is 0.505. The lowest BCUT2D eigenvalue weighted by Gasteiger charge is -2.23. The van der Waals surface area contributed by atoms with Gasteiger partial charge < -0.3 is 14.6 Å². The Labute approximate surface area is 181 Å². The van der Waals surface area contributed by atoms with Crippen LogP contribution in [0.3, 0.4) is 0 Å². The van der Waals surface area contributed by atoms with Crippen molar-refractivity contribution in [2.75, 3.05) is 40.4 Å². The second kappa shape index (κ2) is 12.4. The number of ether oxygens (including phenoxy) is 2. The number of nitrogens with zero attached hydrogens (tertiary/aromatic N) is 2. The molecule has 0 aliphatic carbocycles. The molecule has 0 amide bonds. The summed E-state index contributed by atoms with van der Waals surface area (Å²) in [7, 11) is 3.63. The van der Waals surface area contributed by atoms with Gasteiger partial charge in [0, 0.05) is 26.2 Å². The number of hydrogen-bond donors (Lipinski definition) is 1. The predicted octanol–water partition coefficient (Wildman–Crippen LogP) is 3.96. The van der Waals surface area contributed by atoms with Gasteiger partial charge >= 0.3 is 0 Å². The van der Waals surface area contributed by atoms with Crippen molar-refractivity contribution in [3.63, 3.8) is 0 Å². The molecule has 0 fully saturated rings. The minimum absolute atomic E-state index is 0.211. The molecule has 5 heteroatoms. The summed E-state index contributed by atoms with van der Waals surface area (Å²) in [6, 6.07) is 16.2. The van der Waals surface area contributed by atoms with Gasteiger partial charge in [0.15, 0.2) is 11.5 Å². The number of aliphatic hydroxyl groups is 1. The molecule has 0 bridgehead atoms. The highest BCUT2D eigenvalue weighted by molar-refractivity contribution is 5.43. The standard InChI is InChI=1S/C25H36N2O3/c1-6-27(15-20(2)3)17-22-12-13-24(29-5)25(14-22)30-19-23(28)18-26(4)16-21-10-8-7-9-11-21/h7-14,23,28H,2,6,15-19H2,1,3-5H3. The molecule has 0 spiro atoms. The Bertz CT molecular complexity index is 779. The second-order valence-electron chi connectivity index (χ2n) is 7.89. The maximum absolute atomic E-state index is 10.4. The molecule has 164 valence electrons. The first-order chi connectivity index (χ1) is 14.4. The molecule has 30 heavy (non-hydrogen) atoms. The van der Waals surface area contributed by atoms with E-state index in [1.54, 1.807) is 7.11 Å². The maximum atomic E-state index is 10.4. The molecule has 1 N–H and O–H groups in total. The van der Waals surface area contributed by atoms with E-state index in [0.29, 0.717) is 18.0 Å². The normalized spacial score (nSPS) is 12.2. The summed E-state index contributed by atoms with van der Waals surface area (Å²) in [5.74, 6) is 1.33. The molecular formula is C25H36N2O3. The number of rotatable bonds is 13. The van der Waals surface area contributed by atoms with Crippen LogP contribution in [0.2, 0.25) is 0 Å². The highest BCUT2D eigenvalue weighted by Gasteiger charge is 2.13. The average Bonchev–Trinajstić information content (AvgIpc) is 2.72. The van der Waals surface area contributed by atoms with Crippen LogP contribution < -0.4 is 9.47 Å². The largest absolute Gasteiger partial charge is 0.493 e. The summed E-state index contributed by atoms with van der Waals surface area (Å²) in [5, 5.41) is 10.4. The summed E-state index contributed by atoms with van der Waals surface area (Å²) in [5.41, 5.74) is 3.51. The van der Waals surface area contributed by atoms with Crippen molar-refractivity contribution in [1.82, 2.24) is 9.80 Å². The molecule has 0 radical (unpaired) electrons. The van der Waals surface area contributed by atoms with Gasteiger partial charge in [-0.2, -0.15) is 0 Å². The van der Waals surface area contributed by atoms with E-state index in [9.17, 15) is 5.11 Å². The van der Waals surface area contributed by atoms with Crippen LogP contribution >= 0.6 is 0 Å². The third-order valence-corrected chi connectivity index (χ3v) is 4.82. The zero-order valence-corrected chi connectivity index (χ0v) is 18.8. The lowest BCUT2D eigenvalue weighted by Crippen LogP contribution is -2.32. The van der Waals surface area contributed by atoms with Gasteiger partial charge in [0.25, 0.3) is 0 Å². The zero-order chi connectivity index (χ0) is 21.9. The fourth-order valence-electron chi connectivity index (χ4n) is 3.41. The highest BCUT2D eigenvalue weighted by atomic mass is 16.5. The van der Waals surface area contributed by atoms with E-state index in [0.717, 1.165) is 37.3 Å². The monoisotopic (exact) mass is 412 g/mol. The van der Waals surface area contributed by atoms with Crippen molar-refractivity contribution >= 4 is 0 Å². The fourth-order valence-corrected chi connectivity index (χ4v) is 3.41. The van der Waals surface area contributed by atoms with E-state index in [1.807, 2.05) is 44.3 Å². The van der Waals surface area contributed by atoms with Gasteiger partial charge in [-0.15, -0.1) is 0 Å². The Balaban J connectivity index is 1.93. The van der Waals surface area contributed by atoms with Crippen molar-refractivity contribution < 1.29 is 14.6 Å². The second-order valence-corrected chi connectivity index (χ2v) is 7.89. The molecule has 0 aromatic heterocycles. The van der Waals surface area contributed by atoms with Gasteiger partial charge in [-0.1, -0.05) is 55.5 Å². The van der Waals surface area contributed by atoms with Crippen LogP contribution in [0.4, 0.5) is 0 Å². The van der Waals surface area contributed by atoms with E-state index in [-0.39, 0.29) is 6.61 Å². The van der Waals surface area contributed by atoms with Crippen LogP contribution in [0.15, 0.2) is 60.7 Å². The summed E-state index contributed by atoms with van der Waals surface area (Å²) >= 11 is 0. The molecule has 5 nitrogen and oxygen atoms in total. The van der Waals surface area contributed by atoms with Gasteiger partial charge in [-0.3, -0.25) is 9.80 Å². The predicted molar refractivity (Wildman–Crippen MR) is 123 cm³/mol. The zero-order valence-electron chi connectivity index (χ0n) is 18.8. The van der Waals surface area contributed by atoms with E-state index in [1.165, 1.54) is 5.56 Å². The van der Waals surface area contributed by atoms with Crippen LogP contribution in [0.25, 0.3) is 0 Å². The van der Waals surface area contributed by atoms with E-state index < -0.39 is 6.10 Å². The maximum Gasteiger partial charge on any atom is 0.161 e. The van der Waals surface area contributed by atoms with Crippen molar-refractivity contribution in [1.29, 1.82) is 0 Å². The number of methoxy groups -OCH3 is 1. The Morgan fingerprint density at radius 1 is 1.07 bits per heavy atom. The number of aliphatic hydroxyl groups excluding tert-OH is 1. The third kappa shape index (κ3) is 8.19. The smallest absolute Gasteiger partial charge is 0.161 e. The van der Waals surface area contributed by atoms with Crippen molar-refractivity contribution in [3.8, 4) is 11.5 Å². The Kier molecular flexibility index (Phi) is 9.87. The lowest BCUT2D eigenvalue weighted by atomic mass is 10.1. The molecule has 0 aliphatic rings. The van der Waals surface area contributed by atoms with Crippen LogP contribution in [0, 0.1) is 0 Å². The molecule has 2 aromatic carbocycles. The molecular weight excluding hydrogens is 376 g/mol.